The molecule has 0 radical (unpaired) electrons. The molecule has 0 fully saturated rings. The van der Waals surface area contributed by atoms with Crippen molar-refractivity contribution in [3.05, 3.63) is 11.6 Å². The van der Waals surface area contributed by atoms with Gasteiger partial charge in [-0.3, -0.25) is 0 Å². The predicted octanol–water partition coefficient (Wildman–Crippen LogP) is 1.95. The molecule has 0 unspecified atom stereocenters. The third-order valence-corrected chi connectivity index (χ3v) is 2.06. The van der Waals surface area contributed by atoms with Crippen LogP contribution in [0.25, 0.3) is 0 Å². The fraction of sp³-hybridized carbons (Fsp3) is 0.778. The number of rotatable bonds is 1. The molecule has 10 heavy (non-hydrogen) atoms. The highest BCUT2D eigenvalue weighted by atomic mass is 14.8. The summed E-state index contributed by atoms with van der Waals surface area (Å²) >= 11 is 0. The van der Waals surface area contributed by atoms with Crippen LogP contribution >= 0.6 is 0 Å². The van der Waals surface area contributed by atoms with E-state index in [1.807, 2.05) is 0 Å². The van der Waals surface area contributed by atoms with E-state index in [0.717, 1.165) is 12.5 Å². The molecule has 0 saturated heterocycles. The summed E-state index contributed by atoms with van der Waals surface area (Å²) in [5, 5.41) is 3.38. The third-order valence-electron chi connectivity index (χ3n) is 2.06. The van der Waals surface area contributed by atoms with Crippen molar-refractivity contribution < 1.29 is 0 Å². The second-order valence-electron chi connectivity index (χ2n) is 3.22. The molecule has 1 heterocycles. The second kappa shape index (κ2) is 3.77. The summed E-state index contributed by atoms with van der Waals surface area (Å²) in [7, 11) is 0. The van der Waals surface area contributed by atoms with E-state index in [-0.39, 0.29) is 0 Å². The van der Waals surface area contributed by atoms with Crippen molar-refractivity contribution in [3.8, 4) is 0 Å². The predicted molar refractivity (Wildman–Crippen MR) is 45.0 cm³/mol. The minimum absolute atomic E-state index is 0.750. The Morgan fingerprint density at radius 2 is 2.20 bits per heavy atom. The molecule has 1 rings (SSSR count). The molecule has 0 atom stereocenters. The van der Waals surface area contributed by atoms with E-state index in [0.29, 0.717) is 0 Å². The maximum Gasteiger partial charge on any atom is -0.00114 e. The molecular formula is C9H17N. The van der Waals surface area contributed by atoms with Crippen molar-refractivity contribution in [1.82, 2.24) is 5.32 Å². The minimum Gasteiger partial charge on any atom is -0.316 e. The first-order chi connectivity index (χ1) is 4.80. The van der Waals surface area contributed by atoms with Crippen LogP contribution in [0, 0.1) is 5.92 Å². The molecule has 0 bridgehead atoms. The SMILES string of the molecule is CC(C)C1=CCCNCC1. The maximum absolute atomic E-state index is 3.38. The normalized spacial score (nSPS) is 20.5. The van der Waals surface area contributed by atoms with Crippen LogP contribution in [-0.2, 0) is 0 Å². The van der Waals surface area contributed by atoms with Gasteiger partial charge in [0.25, 0.3) is 0 Å². The van der Waals surface area contributed by atoms with Gasteiger partial charge in [-0.2, -0.15) is 0 Å². The fourth-order valence-corrected chi connectivity index (χ4v) is 1.34. The molecule has 0 spiro atoms. The van der Waals surface area contributed by atoms with Crippen LogP contribution in [0.3, 0.4) is 0 Å². The lowest BCUT2D eigenvalue weighted by molar-refractivity contribution is 0.670. The molecule has 0 amide bonds. The van der Waals surface area contributed by atoms with Gasteiger partial charge in [0.05, 0.1) is 0 Å². The average molecular weight is 139 g/mol. The Bertz CT molecular complexity index is 125. The third kappa shape index (κ3) is 2.14. The Morgan fingerprint density at radius 1 is 1.40 bits per heavy atom. The van der Waals surface area contributed by atoms with Crippen LogP contribution in [0.15, 0.2) is 11.6 Å². The van der Waals surface area contributed by atoms with Gasteiger partial charge in [-0.25, -0.2) is 0 Å². The first-order valence-electron chi connectivity index (χ1n) is 4.20. The first-order valence-corrected chi connectivity index (χ1v) is 4.20. The van der Waals surface area contributed by atoms with Crippen molar-refractivity contribution in [2.75, 3.05) is 13.1 Å². The number of nitrogens with one attached hydrogen (secondary N) is 1. The summed E-state index contributed by atoms with van der Waals surface area (Å²) in [5.41, 5.74) is 1.63. The highest BCUT2D eigenvalue weighted by molar-refractivity contribution is 5.06. The van der Waals surface area contributed by atoms with Crippen LogP contribution < -0.4 is 5.32 Å². The molecule has 0 aromatic carbocycles. The second-order valence-corrected chi connectivity index (χ2v) is 3.22. The largest absolute Gasteiger partial charge is 0.316 e. The van der Waals surface area contributed by atoms with Gasteiger partial charge >= 0.3 is 0 Å². The quantitative estimate of drug-likeness (QED) is 0.547. The summed E-state index contributed by atoms with van der Waals surface area (Å²) in [6.45, 7) is 6.88. The van der Waals surface area contributed by atoms with Crippen molar-refractivity contribution in [3.63, 3.8) is 0 Å². The van der Waals surface area contributed by atoms with Crippen molar-refractivity contribution in [2.45, 2.75) is 26.7 Å². The van der Waals surface area contributed by atoms with Gasteiger partial charge in [-0.1, -0.05) is 25.5 Å². The summed E-state index contributed by atoms with van der Waals surface area (Å²) in [6.07, 6.45) is 4.86. The van der Waals surface area contributed by atoms with E-state index in [2.05, 4.69) is 25.2 Å². The van der Waals surface area contributed by atoms with E-state index < -0.39 is 0 Å². The molecule has 0 aromatic heterocycles. The summed E-state index contributed by atoms with van der Waals surface area (Å²) in [4.78, 5) is 0. The van der Waals surface area contributed by atoms with Crippen LogP contribution in [-0.4, -0.2) is 13.1 Å². The van der Waals surface area contributed by atoms with Gasteiger partial charge in [-0.05, 0) is 31.8 Å². The number of hydrogen-bond donors (Lipinski definition) is 1. The molecule has 1 aliphatic rings. The van der Waals surface area contributed by atoms with E-state index in [4.69, 9.17) is 0 Å². The fourth-order valence-electron chi connectivity index (χ4n) is 1.34. The molecule has 1 N–H and O–H groups in total. The Balaban J connectivity index is 2.46. The summed E-state index contributed by atoms with van der Waals surface area (Å²) in [5.74, 6) is 0.750. The van der Waals surface area contributed by atoms with Gasteiger partial charge in [0.15, 0.2) is 0 Å². The first kappa shape index (κ1) is 7.80. The van der Waals surface area contributed by atoms with E-state index in [1.165, 1.54) is 19.4 Å². The number of hydrogen-bond acceptors (Lipinski definition) is 1. The minimum atomic E-state index is 0.750. The van der Waals surface area contributed by atoms with Crippen molar-refractivity contribution in [1.29, 1.82) is 0 Å². The highest BCUT2D eigenvalue weighted by Gasteiger charge is 2.04. The highest BCUT2D eigenvalue weighted by Crippen LogP contribution is 2.15. The monoisotopic (exact) mass is 139 g/mol. The Hall–Kier alpha value is -0.300. The summed E-state index contributed by atoms with van der Waals surface area (Å²) < 4.78 is 0. The molecule has 0 saturated carbocycles. The maximum atomic E-state index is 3.38. The van der Waals surface area contributed by atoms with Crippen molar-refractivity contribution in [2.24, 2.45) is 5.92 Å². The smallest absolute Gasteiger partial charge is 0.00114 e. The van der Waals surface area contributed by atoms with Gasteiger partial charge in [0.2, 0.25) is 0 Å². The van der Waals surface area contributed by atoms with Gasteiger partial charge in [0, 0.05) is 0 Å². The molecule has 1 aliphatic heterocycles. The lowest BCUT2D eigenvalue weighted by Crippen LogP contribution is -2.14. The Labute approximate surface area is 63.5 Å². The summed E-state index contributed by atoms with van der Waals surface area (Å²) in [6, 6.07) is 0. The van der Waals surface area contributed by atoms with E-state index in [9.17, 15) is 0 Å². The van der Waals surface area contributed by atoms with E-state index in [1.54, 1.807) is 5.57 Å². The Morgan fingerprint density at radius 3 is 2.90 bits per heavy atom. The van der Waals surface area contributed by atoms with E-state index >= 15 is 0 Å². The Kier molecular flexibility index (Phi) is 2.94. The van der Waals surface area contributed by atoms with Crippen LogP contribution in [0.2, 0.25) is 0 Å². The molecular weight excluding hydrogens is 122 g/mol. The average Bonchev–Trinajstić information content (AvgIpc) is 2.12. The van der Waals surface area contributed by atoms with Gasteiger partial charge in [0.1, 0.15) is 0 Å². The van der Waals surface area contributed by atoms with Gasteiger partial charge in [-0.15, -0.1) is 0 Å². The topological polar surface area (TPSA) is 12.0 Å². The van der Waals surface area contributed by atoms with Crippen LogP contribution in [0.5, 0.6) is 0 Å². The molecule has 0 aromatic rings. The van der Waals surface area contributed by atoms with Gasteiger partial charge < -0.3 is 5.32 Å². The molecule has 1 nitrogen and oxygen atoms in total. The standard InChI is InChI=1S/C9H17N/c1-8(2)9-4-3-6-10-7-5-9/h4,8,10H,3,5-7H2,1-2H3. The zero-order valence-electron chi connectivity index (χ0n) is 6.98. The molecule has 0 aliphatic carbocycles. The van der Waals surface area contributed by atoms with Crippen LogP contribution in [0.4, 0.5) is 0 Å². The zero-order valence-corrected chi connectivity index (χ0v) is 6.98. The molecule has 58 valence electrons. The lowest BCUT2D eigenvalue weighted by Gasteiger charge is -2.07. The molecule has 1 heteroatoms. The van der Waals surface area contributed by atoms with Crippen LogP contribution in [0.1, 0.15) is 26.7 Å². The lowest BCUT2D eigenvalue weighted by atomic mass is 10.00. The van der Waals surface area contributed by atoms with Crippen molar-refractivity contribution >= 4 is 0 Å². The zero-order chi connectivity index (χ0) is 7.40.